The van der Waals surface area contributed by atoms with Crippen molar-refractivity contribution in [1.82, 2.24) is 0 Å². The van der Waals surface area contributed by atoms with Crippen LogP contribution in [0.2, 0.25) is 0 Å². The van der Waals surface area contributed by atoms with Crippen LogP contribution in [0.3, 0.4) is 0 Å². The van der Waals surface area contributed by atoms with Gasteiger partial charge in [-0.25, -0.2) is 0 Å². The largest absolute Gasteiger partial charge is 0.326 e. The molecule has 2 atom stereocenters. The van der Waals surface area contributed by atoms with Crippen molar-refractivity contribution in [3.63, 3.8) is 0 Å². The van der Waals surface area contributed by atoms with E-state index >= 15 is 0 Å². The smallest absolute Gasteiger partial charge is 0.00998 e. The predicted octanol–water partition coefficient (Wildman–Crippen LogP) is 4.36. The van der Waals surface area contributed by atoms with Crippen LogP contribution in [0.4, 0.5) is 0 Å². The Hall–Kier alpha value is -0.0400. The summed E-state index contributed by atoms with van der Waals surface area (Å²) in [6, 6.07) is 0. The molecule has 0 amide bonds. The van der Waals surface area contributed by atoms with Gasteiger partial charge in [-0.05, 0) is 87.9 Å². The molecule has 0 radical (unpaired) electrons. The van der Waals surface area contributed by atoms with Crippen LogP contribution in [-0.2, 0) is 0 Å². The van der Waals surface area contributed by atoms with Crippen molar-refractivity contribution in [2.45, 2.75) is 77.7 Å². The monoisotopic (exact) mass is 249 g/mol. The zero-order valence-electron chi connectivity index (χ0n) is 12.5. The van der Waals surface area contributed by atoms with Crippen molar-refractivity contribution in [3.8, 4) is 0 Å². The first-order chi connectivity index (χ1) is 8.41. The molecule has 4 aliphatic carbocycles. The Morgan fingerprint density at radius 2 is 1.72 bits per heavy atom. The lowest BCUT2D eigenvalue weighted by atomic mass is 9.44. The molecule has 0 aliphatic heterocycles. The zero-order chi connectivity index (χ0) is 13.0. The van der Waals surface area contributed by atoms with E-state index in [2.05, 4.69) is 20.8 Å². The maximum Gasteiger partial charge on any atom is 0.00998 e. The maximum absolute atomic E-state index is 6.31. The summed E-state index contributed by atoms with van der Waals surface area (Å²) in [6.45, 7) is 6.82. The third-order valence-corrected chi connectivity index (χ3v) is 6.14. The second-order valence-electron chi connectivity index (χ2n) is 8.58. The summed E-state index contributed by atoms with van der Waals surface area (Å²) in [7, 11) is 0. The van der Waals surface area contributed by atoms with Crippen LogP contribution < -0.4 is 5.73 Å². The molecule has 104 valence electrons. The molecular weight excluding hydrogens is 218 g/mol. The van der Waals surface area contributed by atoms with Crippen molar-refractivity contribution < 1.29 is 0 Å². The van der Waals surface area contributed by atoms with Crippen LogP contribution in [-0.4, -0.2) is 5.54 Å². The Labute approximate surface area is 113 Å². The number of hydrogen-bond acceptors (Lipinski definition) is 1. The first-order valence-corrected chi connectivity index (χ1v) is 8.20. The quantitative estimate of drug-likeness (QED) is 0.787. The molecule has 2 N–H and O–H groups in total. The van der Waals surface area contributed by atoms with E-state index in [1.807, 2.05) is 0 Å². The van der Waals surface area contributed by atoms with Gasteiger partial charge in [0.15, 0.2) is 0 Å². The molecule has 0 aromatic rings. The fourth-order valence-electron chi connectivity index (χ4n) is 6.08. The van der Waals surface area contributed by atoms with Crippen molar-refractivity contribution in [2.24, 2.45) is 34.8 Å². The standard InChI is InChI=1S/C17H31N/c1-4-5-17-8-12-6-13(9-17)15(11-16(2,3)18)14(7-12)10-17/h12-15H,4-11,18H2,1-3H3. The highest BCUT2D eigenvalue weighted by atomic mass is 14.7. The summed E-state index contributed by atoms with van der Waals surface area (Å²) in [5.74, 6) is 4.06. The Bertz CT molecular complexity index is 298. The van der Waals surface area contributed by atoms with E-state index < -0.39 is 0 Å². The van der Waals surface area contributed by atoms with E-state index in [9.17, 15) is 0 Å². The molecule has 0 aromatic heterocycles. The predicted molar refractivity (Wildman–Crippen MR) is 77.3 cm³/mol. The average molecular weight is 249 g/mol. The van der Waals surface area contributed by atoms with Gasteiger partial charge in [-0.3, -0.25) is 0 Å². The molecule has 4 aliphatic rings. The molecule has 4 rings (SSSR count). The highest BCUT2D eigenvalue weighted by Gasteiger charge is 2.54. The van der Waals surface area contributed by atoms with Gasteiger partial charge in [-0.1, -0.05) is 13.3 Å². The normalized spacial score (nSPS) is 46.7. The highest BCUT2D eigenvalue weighted by molar-refractivity contribution is 5.05. The van der Waals surface area contributed by atoms with Gasteiger partial charge in [0.1, 0.15) is 0 Å². The van der Waals surface area contributed by atoms with Gasteiger partial charge < -0.3 is 5.73 Å². The van der Waals surface area contributed by atoms with Crippen molar-refractivity contribution in [2.75, 3.05) is 0 Å². The Kier molecular flexibility index (Phi) is 3.05. The fourth-order valence-corrected chi connectivity index (χ4v) is 6.08. The molecule has 2 unspecified atom stereocenters. The van der Waals surface area contributed by atoms with E-state index in [0.29, 0.717) is 0 Å². The molecule has 4 bridgehead atoms. The van der Waals surface area contributed by atoms with Gasteiger partial charge in [-0.15, -0.1) is 0 Å². The van der Waals surface area contributed by atoms with Gasteiger partial charge in [-0.2, -0.15) is 0 Å². The summed E-state index contributed by atoms with van der Waals surface area (Å²) in [6.07, 6.45) is 11.8. The van der Waals surface area contributed by atoms with E-state index in [1.54, 1.807) is 6.42 Å². The topological polar surface area (TPSA) is 26.0 Å². The van der Waals surface area contributed by atoms with Gasteiger partial charge >= 0.3 is 0 Å². The lowest BCUT2D eigenvalue weighted by Gasteiger charge is -2.61. The van der Waals surface area contributed by atoms with Crippen LogP contribution in [0.1, 0.15) is 72.1 Å². The van der Waals surface area contributed by atoms with Crippen LogP contribution in [0.15, 0.2) is 0 Å². The van der Waals surface area contributed by atoms with Crippen LogP contribution in [0.25, 0.3) is 0 Å². The average Bonchev–Trinajstić information content (AvgIpc) is 2.21. The van der Waals surface area contributed by atoms with Gasteiger partial charge in [0, 0.05) is 5.54 Å². The van der Waals surface area contributed by atoms with Gasteiger partial charge in [0.25, 0.3) is 0 Å². The van der Waals surface area contributed by atoms with Gasteiger partial charge in [0.2, 0.25) is 0 Å². The zero-order valence-corrected chi connectivity index (χ0v) is 12.5. The van der Waals surface area contributed by atoms with E-state index in [0.717, 1.165) is 29.1 Å². The second kappa shape index (κ2) is 4.23. The second-order valence-corrected chi connectivity index (χ2v) is 8.58. The highest BCUT2D eigenvalue weighted by Crippen LogP contribution is 2.64. The molecule has 18 heavy (non-hydrogen) atoms. The molecule has 1 heteroatoms. The lowest BCUT2D eigenvalue weighted by molar-refractivity contribution is -0.105. The minimum atomic E-state index is 0.0396. The van der Waals surface area contributed by atoms with E-state index in [4.69, 9.17) is 5.73 Å². The number of hydrogen-bond donors (Lipinski definition) is 1. The third kappa shape index (κ3) is 2.24. The summed E-state index contributed by atoms with van der Waals surface area (Å²) in [5.41, 5.74) is 7.11. The van der Waals surface area contributed by atoms with Crippen LogP contribution in [0.5, 0.6) is 0 Å². The molecule has 4 saturated carbocycles. The van der Waals surface area contributed by atoms with E-state index in [-0.39, 0.29) is 5.54 Å². The fraction of sp³-hybridized carbons (Fsp3) is 1.00. The molecule has 0 heterocycles. The summed E-state index contributed by atoms with van der Waals surface area (Å²) in [5, 5.41) is 0. The first-order valence-electron chi connectivity index (χ1n) is 8.20. The molecular formula is C17H31N. The molecule has 0 saturated heterocycles. The summed E-state index contributed by atoms with van der Waals surface area (Å²) < 4.78 is 0. The minimum Gasteiger partial charge on any atom is -0.326 e. The van der Waals surface area contributed by atoms with Crippen molar-refractivity contribution >= 4 is 0 Å². The maximum atomic E-state index is 6.31. The number of nitrogens with two attached hydrogens (primary N) is 1. The Morgan fingerprint density at radius 3 is 2.22 bits per heavy atom. The van der Waals surface area contributed by atoms with Crippen molar-refractivity contribution in [1.29, 1.82) is 0 Å². The summed E-state index contributed by atoms with van der Waals surface area (Å²) in [4.78, 5) is 0. The van der Waals surface area contributed by atoms with Crippen molar-refractivity contribution in [3.05, 3.63) is 0 Å². The SMILES string of the molecule is CCCC12CC3CC(C1)C(CC(C)(C)N)C(C3)C2. The third-order valence-electron chi connectivity index (χ3n) is 6.14. The number of rotatable bonds is 4. The van der Waals surface area contributed by atoms with Crippen LogP contribution >= 0.6 is 0 Å². The van der Waals surface area contributed by atoms with Crippen LogP contribution in [0, 0.1) is 29.1 Å². The molecule has 0 aromatic carbocycles. The Morgan fingerprint density at radius 1 is 1.11 bits per heavy atom. The first kappa shape index (κ1) is 13.0. The molecule has 4 fully saturated rings. The molecule has 1 nitrogen and oxygen atoms in total. The van der Waals surface area contributed by atoms with E-state index in [1.165, 1.54) is 44.9 Å². The lowest BCUT2D eigenvalue weighted by Crippen LogP contribution is -2.53. The Balaban J connectivity index is 1.76. The minimum absolute atomic E-state index is 0.0396. The molecule has 0 spiro atoms. The van der Waals surface area contributed by atoms with Gasteiger partial charge in [0.05, 0.1) is 0 Å². The summed E-state index contributed by atoms with van der Waals surface area (Å²) >= 11 is 0.